The summed E-state index contributed by atoms with van der Waals surface area (Å²) in [5.41, 5.74) is 0.0235. The Labute approximate surface area is 125 Å². The van der Waals surface area contributed by atoms with E-state index in [9.17, 15) is 9.90 Å². The lowest BCUT2D eigenvalue weighted by Gasteiger charge is -2.32. The molecule has 1 fully saturated rings. The van der Waals surface area contributed by atoms with Crippen molar-refractivity contribution in [3.05, 3.63) is 29.5 Å². The van der Waals surface area contributed by atoms with E-state index in [1.54, 1.807) is 18.1 Å². The van der Waals surface area contributed by atoms with Gasteiger partial charge in [-0.2, -0.15) is 0 Å². The van der Waals surface area contributed by atoms with Crippen LogP contribution in [0.5, 0.6) is 5.75 Å². The molecular weight excluding hydrogens is 269 g/mol. The predicted octanol–water partition coefficient (Wildman–Crippen LogP) is 2.63. The minimum absolute atomic E-state index is 0.115. The van der Waals surface area contributed by atoms with Crippen LogP contribution in [0.1, 0.15) is 50.7 Å². The van der Waals surface area contributed by atoms with Crippen molar-refractivity contribution in [2.75, 3.05) is 0 Å². The average molecular weight is 289 g/mol. The van der Waals surface area contributed by atoms with Crippen molar-refractivity contribution in [2.45, 2.75) is 45.8 Å². The van der Waals surface area contributed by atoms with Gasteiger partial charge in [0.1, 0.15) is 5.75 Å². The van der Waals surface area contributed by atoms with E-state index in [0.29, 0.717) is 5.69 Å². The third-order valence-corrected chi connectivity index (χ3v) is 3.98. The molecule has 0 bridgehead atoms. The summed E-state index contributed by atoms with van der Waals surface area (Å²) in [6.07, 6.45) is 2.98. The Kier molecular flexibility index (Phi) is 3.95. The first-order valence-electron chi connectivity index (χ1n) is 6.86. The Bertz CT molecular complexity index is 579. The molecule has 1 aromatic rings. The molecule has 1 aliphatic rings. The molecule has 0 radical (unpaired) electrons. The zero-order valence-electron chi connectivity index (χ0n) is 13.0. The van der Waals surface area contributed by atoms with Crippen LogP contribution in [-0.2, 0) is 9.31 Å². The van der Waals surface area contributed by atoms with E-state index < -0.39 is 18.3 Å². The number of nitrogens with zero attached hydrogens (tertiary/aromatic N) is 1. The number of aromatic nitrogens is 1. The Morgan fingerprint density at radius 2 is 1.86 bits per heavy atom. The Hall–Kier alpha value is -1.66. The fourth-order valence-corrected chi connectivity index (χ4v) is 1.98. The van der Waals surface area contributed by atoms with Crippen LogP contribution < -0.4 is 0 Å². The van der Waals surface area contributed by atoms with Gasteiger partial charge in [-0.25, -0.2) is 0 Å². The second-order valence-corrected chi connectivity index (χ2v) is 6.17. The highest BCUT2D eigenvalue weighted by Gasteiger charge is 2.49. The lowest BCUT2D eigenvalue weighted by atomic mass is 9.89. The Morgan fingerprint density at radius 3 is 2.38 bits per heavy atom. The second-order valence-electron chi connectivity index (χ2n) is 6.17. The summed E-state index contributed by atoms with van der Waals surface area (Å²) in [6.45, 7) is 9.32. The van der Waals surface area contributed by atoms with E-state index in [1.165, 1.54) is 13.1 Å². The largest absolute Gasteiger partial charge is 0.506 e. The van der Waals surface area contributed by atoms with E-state index in [1.807, 2.05) is 27.7 Å². The minimum Gasteiger partial charge on any atom is -0.506 e. The number of Topliss-reactive ketones (excluding diaryl/α,β-unsaturated/α-hetero) is 1. The van der Waals surface area contributed by atoms with Gasteiger partial charge >= 0.3 is 7.12 Å². The van der Waals surface area contributed by atoms with Gasteiger partial charge in [0.15, 0.2) is 5.78 Å². The van der Waals surface area contributed by atoms with Crippen molar-refractivity contribution in [3.8, 4) is 5.75 Å². The summed E-state index contributed by atoms with van der Waals surface area (Å²) in [5, 5.41) is 9.57. The van der Waals surface area contributed by atoms with Crippen LogP contribution in [0.25, 0.3) is 6.08 Å². The third kappa shape index (κ3) is 3.17. The number of carbonyl (C=O) groups excluding carboxylic acids is 1. The molecule has 1 N–H and O–H groups in total. The van der Waals surface area contributed by atoms with Crippen LogP contribution in [-0.4, -0.2) is 34.2 Å². The van der Waals surface area contributed by atoms with Crippen molar-refractivity contribution in [1.82, 2.24) is 4.98 Å². The number of rotatable bonds is 3. The molecule has 0 aromatic carbocycles. The van der Waals surface area contributed by atoms with E-state index >= 15 is 0 Å². The van der Waals surface area contributed by atoms with Crippen LogP contribution >= 0.6 is 0 Å². The van der Waals surface area contributed by atoms with Crippen LogP contribution in [0.15, 0.2) is 18.2 Å². The first-order chi connectivity index (χ1) is 9.62. The summed E-state index contributed by atoms with van der Waals surface area (Å²) in [6, 6.07) is 1.54. The number of hydrogen-bond acceptors (Lipinski definition) is 5. The molecule has 21 heavy (non-hydrogen) atoms. The quantitative estimate of drug-likeness (QED) is 0.684. The molecule has 0 atom stereocenters. The van der Waals surface area contributed by atoms with Crippen molar-refractivity contribution in [2.24, 2.45) is 0 Å². The molecule has 5 nitrogen and oxygen atoms in total. The zero-order valence-corrected chi connectivity index (χ0v) is 13.0. The SMILES string of the molecule is CC(=O)c1cc(/C=C/B2OC(C)(C)C(C)(C)O2)ncc1O. The van der Waals surface area contributed by atoms with Gasteiger partial charge in [-0.05, 0) is 46.8 Å². The summed E-state index contributed by atoms with van der Waals surface area (Å²) < 4.78 is 11.7. The zero-order chi connectivity index (χ0) is 15.8. The molecule has 0 spiro atoms. The fraction of sp³-hybridized carbons (Fsp3) is 0.467. The molecule has 1 aliphatic heterocycles. The van der Waals surface area contributed by atoms with Gasteiger partial charge in [0.2, 0.25) is 0 Å². The van der Waals surface area contributed by atoms with E-state index in [4.69, 9.17) is 9.31 Å². The minimum atomic E-state index is -0.466. The first-order valence-corrected chi connectivity index (χ1v) is 6.86. The van der Waals surface area contributed by atoms with E-state index in [2.05, 4.69) is 4.98 Å². The molecule has 0 saturated carbocycles. The van der Waals surface area contributed by atoms with Crippen LogP contribution in [0.2, 0.25) is 0 Å². The number of ketones is 1. The van der Waals surface area contributed by atoms with Crippen molar-refractivity contribution < 1.29 is 19.2 Å². The molecule has 2 heterocycles. The normalized spacial score (nSPS) is 20.1. The lowest BCUT2D eigenvalue weighted by molar-refractivity contribution is 0.00578. The molecule has 2 rings (SSSR count). The van der Waals surface area contributed by atoms with Crippen molar-refractivity contribution in [1.29, 1.82) is 0 Å². The summed E-state index contributed by atoms with van der Waals surface area (Å²) >= 11 is 0. The van der Waals surface area contributed by atoms with Gasteiger partial charge in [0.05, 0.1) is 28.7 Å². The predicted molar refractivity (Wildman–Crippen MR) is 81.0 cm³/mol. The fourth-order valence-electron chi connectivity index (χ4n) is 1.98. The van der Waals surface area contributed by atoms with Crippen LogP contribution in [0.3, 0.4) is 0 Å². The first kappa shape index (κ1) is 15.7. The van der Waals surface area contributed by atoms with E-state index in [-0.39, 0.29) is 17.1 Å². The van der Waals surface area contributed by atoms with Crippen molar-refractivity contribution in [3.63, 3.8) is 0 Å². The maximum atomic E-state index is 11.4. The highest BCUT2D eigenvalue weighted by atomic mass is 16.7. The molecular formula is C15H20BNO4. The molecule has 1 aromatic heterocycles. The van der Waals surface area contributed by atoms with Gasteiger partial charge in [-0.15, -0.1) is 0 Å². The number of hydrogen-bond donors (Lipinski definition) is 1. The summed E-state index contributed by atoms with van der Waals surface area (Å²) in [5.74, 6) is 1.43. The molecule has 112 valence electrons. The van der Waals surface area contributed by atoms with E-state index in [0.717, 1.165) is 0 Å². The lowest BCUT2D eigenvalue weighted by Crippen LogP contribution is -2.41. The third-order valence-electron chi connectivity index (χ3n) is 3.98. The number of aromatic hydroxyl groups is 1. The van der Waals surface area contributed by atoms with Gasteiger partial charge in [-0.1, -0.05) is 5.98 Å². The Balaban J connectivity index is 2.16. The molecule has 0 aliphatic carbocycles. The highest BCUT2D eigenvalue weighted by Crippen LogP contribution is 2.37. The van der Waals surface area contributed by atoms with Gasteiger partial charge in [-0.3, -0.25) is 9.78 Å². The van der Waals surface area contributed by atoms with Crippen LogP contribution in [0.4, 0.5) is 0 Å². The second kappa shape index (κ2) is 5.28. The standard InChI is InChI=1S/C15H20BNO4/c1-10(18)12-8-11(17-9-13(12)19)6-7-16-20-14(2,3)15(4,5)21-16/h6-9,19H,1-5H3/b7-6+. The van der Waals surface area contributed by atoms with Gasteiger partial charge in [0, 0.05) is 0 Å². The van der Waals surface area contributed by atoms with Gasteiger partial charge < -0.3 is 14.4 Å². The molecule has 6 heteroatoms. The van der Waals surface area contributed by atoms with Crippen molar-refractivity contribution >= 4 is 19.0 Å². The smallest absolute Gasteiger partial charge is 0.487 e. The van der Waals surface area contributed by atoms with Gasteiger partial charge in [0.25, 0.3) is 0 Å². The maximum absolute atomic E-state index is 11.4. The topological polar surface area (TPSA) is 68.7 Å². The maximum Gasteiger partial charge on any atom is 0.487 e. The average Bonchev–Trinajstić information content (AvgIpc) is 2.56. The molecule has 0 amide bonds. The number of pyridine rings is 1. The summed E-state index contributed by atoms with van der Waals surface area (Å²) in [7, 11) is -0.466. The monoisotopic (exact) mass is 289 g/mol. The molecule has 1 saturated heterocycles. The van der Waals surface area contributed by atoms with Crippen LogP contribution in [0, 0.1) is 0 Å². The Morgan fingerprint density at radius 1 is 1.29 bits per heavy atom. The molecule has 0 unspecified atom stereocenters. The number of carbonyl (C=O) groups is 1. The summed E-state index contributed by atoms with van der Waals surface area (Å²) in [4.78, 5) is 15.4. The highest BCUT2D eigenvalue weighted by molar-refractivity contribution is 6.52.